The number of carbonyl (C=O) groups excluding carboxylic acids is 1. The highest BCUT2D eigenvalue weighted by molar-refractivity contribution is 6.30. The molecule has 0 aliphatic heterocycles. The summed E-state index contributed by atoms with van der Waals surface area (Å²) in [5.74, 6) is -0.990. The number of benzene rings is 2. The highest BCUT2D eigenvalue weighted by Crippen LogP contribution is 2.30. The van der Waals surface area contributed by atoms with E-state index < -0.39 is 11.9 Å². The van der Waals surface area contributed by atoms with Crippen LogP contribution in [-0.2, 0) is 16.0 Å². The second-order valence-corrected chi connectivity index (χ2v) is 7.83. The Bertz CT molecular complexity index is 1240. The Morgan fingerprint density at radius 2 is 1.85 bits per heavy atom. The van der Waals surface area contributed by atoms with Crippen molar-refractivity contribution in [1.29, 1.82) is 0 Å². The van der Waals surface area contributed by atoms with E-state index in [1.807, 2.05) is 32.0 Å². The molecule has 0 unspecified atom stereocenters. The summed E-state index contributed by atoms with van der Waals surface area (Å²) in [5.41, 5.74) is 3.74. The normalized spacial score (nSPS) is 11.2. The molecule has 0 radical (unpaired) electrons. The Kier molecular flexibility index (Phi) is 8.01. The summed E-state index contributed by atoms with van der Waals surface area (Å²) < 4.78 is 30.4. The molecule has 0 saturated carbocycles. The van der Waals surface area contributed by atoms with Crippen molar-refractivity contribution in [1.82, 2.24) is 15.2 Å². The lowest BCUT2D eigenvalue weighted by Gasteiger charge is -2.19. The van der Waals surface area contributed by atoms with E-state index in [0.29, 0.717) is 5.69 Å². The number of ether oxygens (including phenoxy) is 3. The van der Waals surface area contributed by atoms with E-state index in [2.05, 4.69) is 15.3 Å². The maximum absolute atomic E-state index is 14.4. The number of amides is 1. The van der Waals surface area contributed by atoms with E-state index in [1.165, 1.54) is 32.4 Å². The van der Waals surface area contributed by atoms with Gasteiger partial charge < -0.3 is 14.2 Å². The Labute approximate surface area is 201 Å². The van der Waals surface area contributed by atoms with Crippen molar-refractivity contribution in [2.45, 2.75) is 27.3 Å². The summed E-state index contributed by atoms with van der Waals surface area (Å²) in [6.45, 7) is 5.77. The zero-order valence-corrected chi connectivity index (χ0v) is 20.2. The molecule has 0 saturated heterocycles. The molecule has 1 aromatic heterocycles. The topological polar surface area (TPSA) is 86.1 Å². The van der Waals surface area contributed by atoms with Crippen LogP contribution in [0.1, 0.15) is 27.9 Å². The fraction of sp³-hybridized carbons (Fsp3) is 0.250. The van der Waals surface area contributed by atoms with E-state index in [0.717, 1.165) is 21.7 Å². The maximum atomic E-state index is 14.4. The van der Waals surface area contributed by atoms with Gasteiger partial charge >= 0.3 is 6.09 Å². The monoisotopic (exact) mass is 486 g/mol. The zero-order valence-electron chi connectivity index (χ0n) is 19.4. The Morgan fingerprint density at radius 1 is 1.09 bits per heavy atom. The first-order valence-electron chi connectivity index (χ1n) is 10.2. The lowest BCUT2D eigenvalue weighted by Crippen LogP contribution is -2.28. The minimum Gasteiger partial charge on any atom is -0.479 e. The lowest BCUT2D eigenvalue weighted by molar-refractivity contribution is 0.121. The molecule has 0 bridgehead atoms. The minimum atomic E-state index is -0.751. The number of aryl methyl sites for hydroxylation is 3. The smallest absolute Gasteiger partial charge is 0.430 e. The van der Waals surface area contributed by atoms with Crippen LogP contribution in [0.4, 0.5) is 9.18 Å². The molecule has 2 aromatic carbocycles. The van der Waals surface area contributed by atoms with Gasteiger partial charge in [-0.05, 0) is 50.1 Å². The van der Waals surface area contributed by atoms with E-state index in [9.17, 15) is 9.18 Å². The first-order valence-corrected chi connectivity index (χ1v) is 10.6. The molecular formula is C24H24ClFN4O4. The molecular weight excluding hydrogens is 463 g/mol. The lowest BCUT2D eigenvalue weighted by atomic mass is 10.1. The SMILES string of the molecule is COC(=O)N(Cc1ccc(C)cc1C)/N=C(\OC)c1cc(C)nnc1Oc1cccc(Cl)c1F. The molecule has 3 rings (SSSR count). The molecule has 0 spiro atoms. The van der Waals surface area contributed by atoms with Crippen LogP contribution in [0.2, 0.25) is 5.02 Å². The van der Waals surface area contributed by atoms with Gasteiger partial charge in [-0.25, -0.2) is 9.18 Å². The van der Waals surface area contributed by atoms with E-state index in [1.54, 1.807) is 13.0 Å². The van der Waals surface area contributed by atoms with Gasteiger partial charge in [-0.1, -0.05) is 41.4 Å². The third kappa shape index (κ3) is 5.79. The van der Waals surface area contributed by atoms with Crippen molar-refractivity contribution in [3.8, 4) is 11.6 Å². The third-order valence-electron chi connectivity index (χ3n) is 4.84. The number of hydrogen-bond donors (Lipinski definition) is 0. The average molecular weight is 487 g/mol. The van der Waals surface area contributed by atoms with Crippen molar-refractivity contribution in [2.24, 2.45) is 5.10 Å². The number of halogens is 2. The minimum absolute atomic E-state index is 0.00870. The summed E-state index contributed by atoms with van der Waals surface area (Å²) in [6, 6.07) is 11.8. The molecule has 1 heterocycles. The molecule has 3 aromatic rings. The summed E-state index contributed by atoms with van der Waals surface area (Å²) in [6.07, 6.45) is -0.698. The van der Waals surface area contributed by atoms with E-state index in [-0.39, 0.29) is 34.7 Å². The second-order valence-electron chi connectivity index (χ2n) is 7.43. The van der Waals surface area contributed by atoms with Crippen LogP contribution in [-0.4, -0.2) is 41.4 Å². The molecule has 0 atom stereocenters. The predicted octanol–water partition coefficient (Wildman–Crippen LogP) is 5.56. The van der Waals surface area contributed by atoms with Crippen LogP contribution in [0, 0.1) is 26.6 Å². The highest BCUT2D eigenvalue weighted by atomic mass is 35.5. The van der Waals surface area contributed by atoms with Crippen LogP contribution in [0.25, 0.3) is 0 Å². The first kappa shape index (κ1) is 24.9. The molecule has 10 heteroatoms. The number of aromatic nitrogens is 2. The highest BCUT2D eigenvalue weighted by Gasteiger charge is 2.22. The largest absolute Gasteiger partial charge is 0.479 e. The standard InChI is InChI=1S/C24H24ClFN4O4/c1-14-9-10-17(15(2)11-14)13-30(24(31)33-5)29-23(32-4)18-12-16(3)27-28-22(18)34-20-8-6-7-19(25)21(20)26/h6-12H,13H2,1-5H3/b29-23-. The van der Waals surface area contributed by atoms with Gasteiger partial charge in [-0.15, -0.1) is 10.2 Å². The summed E-state index contributed by atoms with van der Waals surface area (Å²) >= 11 is 5.86. The molecule has 1 amide bonds. The molecule has 178 valence electrons. The van der Waals surface area contributed by atoms with E-state index in [4.69, 9.17) is 25.8 Å². The number of hydrogen-bond acceptors (Lipinski definition) is 7. The van der Waals surface area contributed by atoms with Crippen molar-refractivity contribution in [3.63, 3.8) is 0 Å². The molecule has 0 N–H and O–H groups in total. The van der Waals surface area contributed by atoms with Crippen molar-refractivity contribution in [2.75, 3.05) is 14.2 Å². The number of rotatable bonds is 6. The van der Waals surface area contributed by atoms with Crippen LogP contribution in [0.5, 0.6) is 11.6 Å². The van der Waals surface area contributed by atoms with Gasteiger partial charge in [0.25, 0.3) is 5.88 Å². The number of carbonyl (C=O) groups is 1. The van der Waals surface area contributed by atoms with Gasteiger partial charge in [0.15, 0.2) is 11.6 Å². The summed E-state index contributed by atoms with van der Waals surface area (Å²) in [7, 11) is 2.64. The van der Waals surface area contributed by atoms with Gasteiger partial charge in [-0.2, -0.15) is 10.1 Å². The van der Waals surface area contributed by atoms with Crippen molar-refractivity contribution >= 4 is 23.6 Å². The van der Waals surface area contributed by atoms with Gasteiger partial charge in [0.1, 0.15) is 5.56 Å². The third-order valence-corrected chi connectivity index (χ3v) is 5.14. The fourth-order valence-corrected chi connectivity index (χ4v) is 3.28. The Hall–Kier alpha value is -3.72. The number of hydrazone groups is 1. The first-order chi connectivity index (χ1) is 16.2. The average Bonchev–Trinajstić information content (AvgIpc) is 2.81. The van der Waals surface area contributed by atoms with Crippen LogP contribution < -0.4 is 4.74 Å². The number of methoxy groups -OCH3 is 2. The fourth-order valence-electron chi connectivity index (χ4n) is 3.12. The van der Waals surface area contributed by atoms with Gasteiger partial charge in [0.05, 0.1) is 31.5 Å². The van der Waals surface area contributed by atoms with Crippen LogP contribution in [0.15, 0.2) is 47.6 Å². The quantitative estimate of drug-likeness (QED) is 0.257. The summed E-state index contributed by atoms with van der Waals surface area (Å²) in [5, 5.41) is 13.4. The van der Waals surface area contributed by atoms with Crippen LogP contribution >= 0.6 is 11.6 Å². The van der Waals surface area contributed by atoms with Crippen molar-refractivity contribution < 1.29 is 23.4 Å². The summed E-state index contributed by atoms with van der Waals surface area (Å²) in [4.78, 5) is 12.5. The molecule has 0 aliphatic rings. The van der Waals surface area contributed by atoms with Gasteiger partial charge in [0.2, 0.25) is 5.90 Å². The van der Waals surface area contributed by atoms with Crippen LogP contribution in [0.3, 0.4) is 0 Å². The Balaban J connectivity index is 2.04. The molecule has 0 fully saturated rings. The van der Waals surface area contributed by atoms with E-state index >= 15 is 0 Å². The number of nitrogens with zero attached hydrogens (tertiary/aromatic N) is 4. The molecule has 8 nitrogen and oxygen atoms in total. The Morgan fingerprint density at radius 3 is 2.53 bits per heavy atom. The zero-order chi connectivity index (χ0) is 24.8. The maximum Gasteiger partial charge on any atom is 0.430 e. The van der Waals surface area contributed by atoms with Gasteiger partial charge in [0, 0.05) is 0 Å². The van der Waals surface area contributed by atoms with Gasteiger partial charge in [-0.3, -0.25) is 0 Å². The predicted molar refractivity (Wildman–Crippen MR) is 126 cm³/mol. The molecule has 0 aliphatic carbocycles. The second kappa shape index (κ2) is 10.9. The molecule has 34 heavy (non-hydrogen) atoms. The van der Waals surface area contributed by atoms with Crippen molar-refractivity contribution in [3.05, 3.63) is 81.3 Å².